The van der Waals surface area contributed by atoms with Crippen LogP contribution < -0.4 is 10.9 Å². The first-order valence-corrected chi connectivity index (χ1v) is 10.2. The third kappa shape index (κ3) is 4.54. The van der Waals surface area contributed by atoms with Crippen LogP contribution in [0.1, 0.15) is 44.9 Å². The summed E-state index contributed by atoms with van der Waals surface area (Å²) in [4.78, 5) is 23.6. The fourth-order valence-electron chi connectivity index (χ4n) is 4.92. The van der Waals surface area contributed by atoms with Gasteiger partial charge in [-0.05, 0) is 55.8 Å². The lowest BCUT2D eigenvalue weighted by atomic mass is 9.95. The lowest BCUT2D eigenvalue weighted by Crippen LogP contribution is -2.21. The zero-order valence-corrected chi connectivity index (χ0v) is 15.6. The summed E-state index contributed by atoms with van der Waals surface area (Å²) in [6.45, 7) is 0. The Hall–Kier alpha value is -2.24. The topological polar surface area (TPSA) is 82.9 Å². The summed E-state index contributed by atoms with van der Waals surface area (Å²) in [5, 5.41) is 8.19. The molecule has 4 bridgehead atoms. The number of carbonyl (C=O) groups excluding carboxylic acids is 2. The first kappa shape index (κ1) is 18.1. The molecular weight excluding hydrogens is 340 g/mol. The Kier molecular flexibility index (Phi) is 5.50. The van der Waals surface area contributed by atoms with Gasteiger partial charge >= 0.3 is 0 Å². The first-order chi connectivity index (χ1) is 13.2. The number of allylic oxidation sites excluding steroid dienone is 4. The molecular formula is C21H28N4O2. The van der Waals surface area contributed by atoms with E-state index in [1.165, 1.54) is 12.8 Å². The van der Waals surface area contributed by atoms with E-state index in [2.05, 4.69) is 45.4 Å². The predicted octanol–water partition coefficient (Wildman–Crippen LogP) is 2.79. The summed E-state index contributed by atoms with van der Waals surface area (Å²) in [6, 6.07) is 0. The van der Waals surface area contributed by atoms with Gasteiger partial charge in [-0.2, -0.15) is 10.2 Å². The molecule has 6 unspecified atom stereocenters. The van der Waals surface area contributed by atoms with Crippen molar-refractivity contribution in [3.63, 3.8) is 0 Å². The van der Waals surface area contributed by atoms with E-state index in [9.17, 15) is 9.59 Å². The molecule has 6 nitrogen and oxygen atoms in total. The molecule has 0 spiro atoms. The SMILES string of the molecule is O=C(CCCC(=O)NN=CC1CC2C=CC1C2)NN=CC1CC2C=CC1C2. The van der Waals surface area contributed by atoms with Crippen LogP contribution >= 0.6 is 0 Å². The maximum atomic E-state index is 11.8. The van der Waals surface area contributed by atoms with Crippen LogP contribution in [0.25, 0.3) is 0 Å². The van der Waals surface area contributed by atoms with E-state index in [1.807, 2.05) is 12.4 Å². The van der Waals surface area contributed by atoms with Crippen LogP contribution in [0.2, 0.25) is 0 Å². The molecule has 0 aromatic heterocycles. The number of nitrogens with one attached hydrogen (secondary N) is 2. The lowest BCUT2D eigenvalue weighted by molar-refractivity contribution is -0.122. The number of amides is 2. The minimum absolute atomic E-state index is 0.144. The molecule has 0 aliphatic heterocycles. The average Bonchev–Trinajstić information content (AvgIpc) is 3.43. The number of hydrazone groups is 2. The number of rotatable bonds is 8. The molecule has 2 N–H and O–H groups in total. The highest BCUT2D eigenvalue weighted by atomic mass is 16.2. The standard InChI is InChI=1S/C21H28N4O2/c26-20(24-22-12-18-10-14-4-6-16(18)8-14)2-1-3-21(27)25-23-13-19-11-15-5-7-17(19)9-15/h4-7,12-19H,1-3,8-11H2,(H,24,26)(H,25,27). The molecule has 6 atom stereocenters. The van der Waals surface area contributed by atoms with E-state index in [4.69, 9.17) is 0 Å². The zero-order valence-electron chi connectivity index (χ0n) is 15.6. The van der Waals surface area contributed by atoms with Crippen LogP contribution in [0.4, 0.5) is 0 Å². The molecule has 4 aliphatic carbocycles. The molecule has 0 heterocycles. The quantitative estimate of drug-likeness (QED) is 0.392. The van der Waals surface area contributed by atoms with Crippen LogP contribution in [0.5, 0.6) is 0 Å². The molecule has 27 heavy (non-hydrogen) atoms. The Bertz CT molecular complexity index is 638. The lowest BCUT2D eigenvalue weighted by Gasteiger charge is -2.12. The van der Waals surface area contributed by atoms with E-state index in [0.29, 0.717) is 54.8 Å². The normalized spacial score (nSPS) is 35.7. The summed E-state index contributed by atoms with van der Waals surface area (Å²) < 4.78 is 0. The number of hydrogen-bond donors (Lipinski definition) is 2. The summed E-state index contributed by atoms with van der Waals surface area (Å²) in [7, 11) is 0. The highest BCUT2D eigenvalue weighted by Crippen LogP contribution is 2.43. The van der Waals surface area contributed by atoms with Crippen molar-refractivity contribution in [1.29, 1.82) is 0 Å². The van der Waals surface area contributed by atoms with Crippen molar-refractivity contribution in [3.05, 3.63) is 24.3 Å². The van der Waals surface area contributed by atoms with Gasteiger partial charge in [-0.25, -0.2) is 10.9 Å². The Labute approximate surface area is 160 Å². The third-order valence-corrected chi connectivity index (χ3v) is 6.38. The smallest absolute Gasteiger partial charge is 0.240 e. The van der Waals surface area contributed by atoms with E-state index >= 15 is 0 Å². The van der Waals surface area contributed by atoms with Gasteiger partial charge in [0.2, 0.25) is 11.8 Å². The van der Waals surface area contributed by atoms with Crippen molar-refractivity contribution in [1.82, 2.24) is 10.9 Å². The first-order valence-electron chi connectivity index (χ1n) is 10.2. The van der Waals surface area contributed by atoms with Crippen LogP contribution in [-0.4, -0.2) is 24.2 Å². The van der Waals surface area contributed by atoms with Gasteiger partial charge in [0.05, 0.1) is 0 Å². The van der Waals surface area contributed by atoms with E-state index in [1.54, 1.807) is 0 Å². The van der Waals surface area contributed by atoms with Gasteiger partial charge in [0.15, 0.2) is 0 Å². The van der Waals surface area contributed by atoms with Gasteiger partial charge in [-0.15, -0.1) is 0 Å². The molecule has 0 aromatic carbocycles. The Morgan fingerprint density at radius 1 is 0.778 bits per heavy atom. The molecule has 6 heteroatoms. The molecule has 0 saturated heterocycles. The minimum Gasteiger partial charge on any atom is -0.273 e. The van der Waals surface area contributed by atoms with Crippen molar-refractivity contribution in [2.45, 2.75) is 44.9 Å². The van der Waals surface area contributed by atoms with Crippen molar-refractivity contribution in [2.24, 2.45) is 45.7 Å². The van der Waals surface area contributed by atoms with E-state index in [-0.39, 0.29) is 11.8 Å². The maximum Gasteiger partial charge on any atom is 0.240 e. The number of carbonyl (C=O) groups is 2. The van der Waals surface area contributed by atoms with Gasteiger partial charge < -0.3 is 0 Å². The molecule has 2 amide bonds. The second kappa shape index (κ2) is 8.19. The van der Waals surface area contributed by atoms with Gasteiger partial charge in [-0.1, -0.05) is 24.3 Å². The number of hydrogen-bond acceptors (Lipinski definition) is 4. The van der Waals surface area contributed by atoms with Crippen LogP contribution in [0.15, 0.2) is 34.5 Å². The molecule has 2 saturated carbocycles. The van der Waals surface area contributed by atoms with Gasteiger partial charge in [0.1, 0.15) is 0 Å². The highest BCUT2D eigenvalue weighted by Gasteiger charge is 2.35. The maximum absolute atomic E-state index is 11.8. The Morgan fingerprint density at radius 3 is 1.63 bits per heavy atom. The fourth-order valence-corrected chi connectivity index (χ4v) is 4.92. The van der Waals surface area contributed by atoms with Crippen molar-refractivity contribution >= 4 is 24.2 Å². The summed E-state index contributed by atoms with van der Waals surface area (Å²) >= 11 is 0. The third-order valence-electron chi connectivity index (χ3n) is 6.38. The monoisotopic (exact) mass is 368 g/mol. The largest absolute Gasteiger partial charge is 0.273 e. The molecule has 4 aliphatic rings. The van der Waals surface area contributed by atoms with Crippen molar-refractivity contribution in [3.8, 4) is 0 Å². The summed E-state index contributed by atoms with van der Waals surface area (Å²) in [5.41, 5.74) is 5.15. The average molecular weight is 368 g/mol. The second-order valence-electron chi connectivity index (χ2n) is 8.37. The summed E-state index contributed by atoms with van der Waals surface area (Å²) in [5.74, 6) is 3.20. The van der Waals surface area contributed by atoms with Gasteiger partial charge in [-0.3, -0.25) is 9.59 Å². The Balaban J connectivity index is 1.07. The second-order valence-corrected chi connectivity index (χ2v) is 8.37. The van der Waals surface area contributed by atoms with Crippen molar-refractivity contribution < 1.29 is 9.59 Å². The zero-order chi connectivity index (χ0) is 18.6. The molecule has 4 rings (SSSR count). The highest BCUT2D eigenvalue weighted by molar-refractivity contribution is 5.79. The fraction of sp³-hybridized carbons (Fsp3) is 0.619. The van der Waals surface area contributed by atoms with Crippen LogP contribution in [-0.2, 0) is 9.59 Å². The van der Waals surface area contributed by atoms with Crippen LogP contribution in [0.3, 0.4) is 0 Å². The van der Waals surface area contributed by atoms with Crippen LogP contribution in [0, 0.1) is 35.5 Å². The van der Waals surface area contributed by atoms with E-state index < -0.39 is 0 Å². The Morgan fingerprint density at radius 2 is 1.26 bits per heavy atom. The molecule has 144 valence electrons. The molecule has 0 radical (unpaired) electrons. The predicted molar refractivity (Wildman–Crippen MR) is 105 cm³/mol. The van der Waals surface area contributed by atoms with E-state index in [0.717, 1.165) is 12.8 Å². The summed E-state index contributed by atoms with van der Waals surface area (Å²) in [6.07, 6.45) is 18.7. The van der Waals surface area contributed by atoms with Crippen molar-refractivity contribution in [2.75, 3.05) is 0 Å². The molecule has 0 aromatic rings. The van der Waals surface area contributed by atoms with Gasteiger partial charge in [0, 0.05) is 37.1 Å². The molecule has 2 fully saturated rings. The van der Waals surface area contributed by atoms with Gasteiger partial charge in [0.25, 0.3) is 0 Å². The number of nitrogens with zero attached hydrogens (tertiary/aromatic N) is 2. The number of fused-ring (bicyclic) bond motifs is 4. The minimum atomic E-state index is -0.144.